The molecule has 0 radical (unpaired) electrons. The smallest absolute Gasteiger partial charge is 0.417 e. The molecule has 0 unspecified atom stereocenters. The molecule has 3 aliphatic heterocycles. The Morgan fingerprint density at radius 3 is 3.00 bits per heavy atom. The number of pyridine rings is 1. The maximum Gasteiger partial charge on any atom is 0.417 e. The first-order chi connectivity index (χ1) is 15.8. The largest absolute Gasteiger partial charge is 0.456 e. The highest BCUT2D eigenvalue weighted by molar-refractivity contribution is 5.84. The highest BCUT2D eigenvalue weighted by atomic mass is 19.4. The van der Waals surface area contributed by atoms with Gasteiger partial charge in [-0.1, -0.05) is 0 Å². The van der Waals surface area contributed by atoms with Crippen LogP contribution in [0.25, 0.3) is 0 Å². The molecular formula is C22H28F3N3O5. The molecule has 8 nitrogen and oxygen atoms in total. The molecule has 182 valence electrons. The van der Waals surface area contributed by atoms with Crippen LogP contribution in [0.5, 0.6) is 5.88 Å². The lowest BCUT2D eigenvalue weighted by molar-refractivity contribution is -0.149. The summed E-state index contributed by atoms with van der Waals surface area (Å²) in [7, 11) is 1.67. The fraction of sp³-hybridized carbons (Fsp3) is 0.727. The predicted molar refractivity (Wildman–Crippen MR) is 108 cm³/mol. The molecule has 1 aliphatic carbocycles. The first kappa shape index (κ1) is 22.8. The summed E-state index contributed by atoms with van der Waals surface area (Å²) >= 11 is 0. The van der Waals surface area contributed by atoms with Gasteiger partial charge in [-0.3, -0.25) is 4.79 Å². The Bertz CT molecular complexity index is 901. The molecule has 3 fully saturated rings. The van der Waals surface area contributed by atoms with E-state index in [2.05, 4.69) is 10.3 Å². The lowest BCUT2D eigenvalue weighted by Gasteiger charge is -2.36. The number of halogens is 3. The topological polar surface area (TPSA) is 82.2 Å². The van der Waals surface area contributed by atoms with Crippen LogP contribution in [0.3, 0.4) is 0 Å². The molecule has 0 spiro atoms. The summed E-state index contributed by atoms with van der Waals surface area (Å²) in [4.78, 5) is 19.0. The van der Waals surface area contributed by atoms with Gasteiger partial charge in [0.05, 0.1) is 36.3 Å². The van der Waals surface area contributed by atoms with Crippen LogP contribution in [-0.2, 0) is 31.7 Å². The van der Waals surface area contributed by atoms with Crippen LogP contribution in [0.2, 0.25) is 0 Å². The SMILES string of the molecule is CO[C@@H]1COCC[C@@H]1N[C@@H]1C[C@H]2OCC[C@@]2(C(=O)N2COc3ncc(C(F)(F)F)cc3C2)C1. The van der Waals surface area contributed by atoms with Crippen LogP contribution in [-0.4, -0.2) is 73.7 Å². The molecule has 1 saturated carbocycles. The average molecular weight is 471 g/mol. The zero-order valence-electron chi connectivity index (χ0n) is 18.4. The second kappa shape index (κ2) is 8.68. The molecule has 33 heavy (non-hydrogen) atoms. The van der Waals surface area contributed by atoms with Gasteiger partial charge in [-0.15, -0.1) is 0 Å². The van der Waals surface area contributed by atoms with Crippen molar-refractivity contribution < 1.29 is 36.9 Å². The van der Waals surface area contributed by atoms with Crippen LogP contribution in [0.15, 0.2) is 12.3 Å². The summed E-state index contributed by atoms with van der Waals surface area (Å²) in [5.41, 5.74) is -1.30. The van der Waals surface area contributed by atoms with Crippen molar-refractivity contribution in [1.82, 2.24) is 15.2 Å². The van der Waals surface area contributed by atoms with Crippen LogP contribution in [0, 0.1) is 5.41 Å². The third-order valence-electron chi connectivity index (χ3n) is 7.33. The summed E-state index contributed by atoms with van der Waals surface area (Å²) in [5.74, 6) is 0.00694. The molecule has 5 rings (SSSR count). The molecule has 0 aromatic carbocycles. The third kappa shape index (κ3) is 4.20. The molecule has 4 heterocycles. The molecule has 4 aliphatic rings. The van der Waals surface area contributed by atoms with Crippen LogP contribution in [0.4, 0.5) is 13.2 Å². The van der Waals surface area contributed by atoms with E-state index in [1.807, 2.05) is 0 Å². The number of rotatable bonds is 4. The van der Waals surface area contributed by atoms with Gasteiger partial charge in [0.2, 0.25) is 11.8 Å². The summed E-state index contributed by atoms with van der Waals surface area (Å²) in [6.45, 7) is 1.67. The van der Waals surface area contributed by atoms with Gasteiger partial charge >= 0.3 is 6.18 Å². The molecule has 1 aromatic rings. The normalized spacial score (nSPS) is 34.0. The number of carbonyl (C=O) groups is 1. The number of aromatic nitrogens is 1. The van der Waals surface area contributed by atoms with E-state index in [1.54, 1.807) is 7.11 Å². The van der Waals surface area contributed by atoms with E-state index in [9.17, 15) is 18.0 Å². The Kier molecular flexibility index (Phi) is 6.00. The second-order valence-electron chi connectivity index (χ2n) is 9.28. The van der Waals surface area contributed by atoms with Crippen LogP contribution >= 0.6 is 0 Å². The molecule has 0 bridgehead atoms. The van der Waals surface area contributed by atoms with Crippen LogP contribution in [0.1, 0.15) is 36.8 Å². The Balaban J connectivity index is 1.31. The van der Waals surface area contributed by atoms with E-state index >= 15 is 0 Å². The van der Waals surface area contributed by atoms with Crippen molar-refractivity contribution in [3.05, 3.63) is 23.4 Å². The number of hydrogen-bond donors (Lipinski definition) is 1. The van der Waals surface area contributed by atoms with Crippen molar-refractivity contribution in [3.8, 4) is 5.88 Å². The van der Waals surface area contributed by atoms with E-state index in [1.165, 1.54) is 4.90 Å². The molecule has 1 aromatic heterocycles. The number of nitrogens with zero attached hydrogens (tertiary/aromatic N) is 2. The van der Waals surface area contributed by atoms with Crippen molar-refractivity contribution in [3.63, 3.8) is 0 Å². The van der Waals surface area contributed by atoms with E-state index in [4.69, 9.17) is 18.9 Å². The highest BCUT2D eigenvalue weighted by Gasteiger charge is 2.58. The number of carbonyl (C=O) groups excluding carboxylic acids is 1. The maximum absolute atomic E-state index is 13.7. The highest BCUT2D eigenvalue weighted by Crippen LogP contribution is 2.49. The Morgan fingerprint density at radius 1 is 1.36 bits per heavy atom. The maximum atomic E-state index is 13.7. The van der Waals surface area contributed by atoms with Gasteiger partial charge in [0.25, 0.3) is 0 Å². The van der Waals surface area contributed by atoms with E-state index in [-0.39, 0.29) is 54.9 Å². The number of hydrogen-bond acceptors (Lipinski definition) is 7. The minimum atomic E-state index is -4.51. The number of ether oxygens (including phenoxy) is 4. The van der Waals surface area contributed by atoms with E-state index in [0.717, 1.165) is 18.7 Å². The standard InChI is InChI=1S/C22H28F3N3O5/c1-30-17-11-31-4-2-16(17)27-15-7-18-21(8-15,3-5-32-18)20(29)28-10-13-6-14(22(23,24)25)9-26-19(13)33-12-28/h6,9,15-18,27H,2-5,7-8,10-12H2,1H3/t15-,16+,17-,18-,21-/m1/s1. The van der Waals surface area contributed by atoms with Crippen molar-refractivity contribution in [2.45, 2.75) is 62.7 Å². The Labute approximate surface area is 189 Å². The minimum Gasteiger partial charge on any atom is -0.456 e. The number of alkyl halides is 3. The van der Waals surface area contributed by atoms with Crippen molar-refractivity contribution >= 4 is 5.91 Å². The van der Waals surface area contributed by atoms with Crippen molar-refractivity contribution in [2.75, 3.05) is 33.7 Å². The molecule has 5 atom stereocenters. The number of amides is 1. The molecule has 11 heteroatoms. The van der Waals surface area contributed by atoms with E-state index < -0.39 is 17.2 Å². The monoisotopic (exact) mass is 471 g/mol. The second-order valence-corrected chi connectivity index (χ2v) is 9.28. The van der Waals surface area contributed by atoms with Crippen molar-refractivity contribution in [1.29, 1.82) is 0 Å². The lowest BCUT2D eigenvalue weighted by Crippen LogP contribution is -2.51. The van der Waals surface area contributed by atoms with Gasteiger partial charge in [-0.25, -0.2) is 4.98 Å². The summed E-state index contributed by atoms with van der Waals surface area (Å²) in [6, 6.07) is 1.23. The molecular weight excluding hydrogens is 443 g/mol. The van der Waals surface area contributed by atoms with Gasteiger partial charge in [0.15, 0.2) is 6.73 Å². The third-order valence-corrected chi connectivity index (χ3v) is 7.33. The summed E-state index contributed by atoms with van der Waals surface area (Å²) in [6.07, 6.45) is -1.32. The molecule has 1 N–H and O–H groups in total. The van der Waals surface area contributed by atoms with Crippen molar-refractivity contribution in [2.24, 2.45) is 5.41 Å². The summed E-state index contributed by atoms with van der Waals surface area (Å²) in [5, 5.41) is 3.65. The van der Waals surface area contributed by atoms with Gasteiger partial charge in [0.1, 0.15) is 0 Å². The predicted octanol–water partition coefficient (Wildman–Crippen LogP) is 2.11. The first-order valence-corrected chi connectivity index (χ1v) is 11.3. The fourth-order valence-corrected chi connectivity index (χ4v) is 5.64. The van der Waals surface area contributed by atoms with Gasteiger partial charge < -0.3 is 29.2 Å². The zero-order chi connectivity index (χ0) is 23.2. The minimum absolute atomic E-state index is 0.0311. The number of methoxy groups -OCH3 is 1. The first-order valence-electron chi connectivity index (χ1n) is 11.3. The lowest BCUT2D eigenvalue weighted by atomic mass is 9.81. The van der Waals surface area contributed by atoms with Gasteiger partial charge in [-0.05, 0) is 31.7 Å². The van der Waals surface area contributed by atoms with Gasteiger partial charge in [-0.2, -0.15) is 13.2 Å². The summed E-state index contributed by atoms with van der Waals surface area (Å²) < 4.78 is 61.9. The number of fused-ring (bicyclic) bond motifs is 2. The van der Waals surface area contributed by atoms with Crippen LogP contribution < -0.4 is 10.1 Å². The zero-order valence-corrected chi connectivity index (χ0v) is 18.4. The molecule has 1 amide bonds. The van der Waals surface area contributed by atoms with E-state index in [0.29, 0.717) is 39.1 Å². The quantitative estimate of drug-likeness (QED) is 0.720. The number of nitrogens with one attached hydrogen (secondary N) is 1. The Morgan fingerprint density at radius 2 is 2.21 bits per heavy atom. The van der Waals surface area contributed by atoms with Gasteiger partial charge in [0, 0.05) is 44.2 Å². The average Bonchev–Trinajstić information content (AvgIpc) is 3.35. The fourth-order valence-electron chi connectivity index (χ4n) is 5.64. The Hall–Kier alpha value is -1.95. The molecule has 2 saturated heterocycles.